The van der Waals surface area contributed by atoms with Crippen LogP contribution in [0, 0.1) is 5.82 Å². The van der Waals surface area contributed by atoms with Gasteiger partial charge in [0.15, 0.2) is 0 Å². The number of hydrogen-bond donors (Lipinski definition) is 2. The van der Waals surface area contributed by atoms with E-state index in [1.165, 1.54) is 12.1 Å². The first-order chi connectivity index (χ1) is 10.7. The molecule has 0 atom stereocenters. The highest BCUT2D eigenvalue weighted by Crippen LogP contribution is 2.17. The smallest absolute Gasteiger partial charge is 0.239 e. The number of nitrogens with one attached hydrogen (secondary N) is 2. The molecule has 0 bridgehead atoms. The summed E-state index contributed by atoms with van der Waals surface area (Å²) in [5.41, 5.74) is 1.76. The fourth-order valence-electron chi connectivity index (χ4n) is 2.06. The van der Waals surface area contributed by atoms with Gasteiger partial charge < -0.3 is 15.4 Å². The number of anilines is 1. The Bertz CT molecular complexity index is 614. The van der Waals surface area contributed by atoms with Crippen molar-refractivity contribution in [2.45, 2.75) is 6.42 Å². The first kappa shape index (κ1) is 15.8. The normalized spacial score (nSPS) is 10.1. The van der Waals surface area contributed by atoms with Gasteiger partial charge in [-0.3, -0.25) is 4.79 Å². The van der Waals surface area contributed by atoms with Crippen LogP contribution in [0.1, 0.15) is 5.56 Å². The van der Waals surface area contributed by atoms with Crippen molar-refractivity contribution in [1.82, 2.24) is 5.32 Å². The SMILES string of the molecule is COc1ccccc1CCNC(=O)CNc1ccc(F)cc1. The highest BCUT2D eigenvalue weighted by molar-refractivity contribution is 5.80. The number of carbonyl (C=O) groups is 1. The zero-order valence-electron chi connectivity index (χ0n) is 12.4. The van der Waals surface area contributed by atoms with Gasteiger partial charge in [0.05, 0.1) is 13.7 Å². The summed E-state index contributed by atoms with van der Waals surface area (Å²) in [6, 6.07) is 13.6. The van der Waals surface area contributed by atoms with E-state index in [4.69, 9.17) is 4.74 Å². The van der Waals surface area contributed by atoms with Gasteiger partial charge in [0.2, 0.25) is 5.91 Å². The Morgan fingerprint density at radius 3 is 2.59 bits per heavy atom. The van der Waals surface area contributed by atoms with Crippen molar-refractivity contribution in [3.8, 4) is 5.75 Å². The van der Waals surface area contributed by atoms with Gasteiger partial charge in [0.1, 0.15) is 11.6 Å². The molecular weight excluding hydrogens is 283 g/mol. The Kier molecular flexibility index (Phi) is 5.77. The van der Waals surface area contributed by atoms with Crippen LogP contribution in [-0.4, -0.2) is 26.1 Å². The third-order valence-corrected chi connectivity index (χ3v) is 3.21. The molecule has 2 aromatic rings. The lowest BCUT2D eigenvalue weighted by Crippen LogP contribution is -2.31. The topological polar surface area (TPSA) is 50.4 Å². The molecule has 0 aliphatic rings. The van der Waals surface area contributed by atoms with E-state index in [0.717, 1.165) is 11.3 Å². The van der Waals surface area contributed by atoms with Gasteiger partial charge in [0.25, 0.3) is 0 Å². The molecule has 116 valence electrons. The minimum Gasteiger partial charge on any atom is -0.496 e. The number of halogens is 1. The molecule has 0 saturated carbocycles. The van der Waals surface area contributed by atoms with Crippen molar-refractivity contribution < 1.29 is 13.9 Å². The van der Waals surface area contributed by atoms with Gasteiger partial charge in [-0.1, -0.05) is 18.2 Å². The maximum atomic E-state index is 12.8. The van der Waals surface area contributed by atoms with Crippen LogP contribution in [0.25, 0.3) is 0 Å². The maximum Gasteiger partial charge on any atom is 0.239 e. The predicted molar refractivity (Wildman–Crippen MR) is 84.6 cm³/mol. The summed E-state index contributed by atoms with van der Waals surface area (Å²) in [5, 5.41) is 5.77. The monoisotopic (exact) mass is 302 g/mol. The summed E-state index contributed by atoms with van der Waals surface area (Å²) in [4.78, 5) is 11.7. The van der Waals surface area contributed by atoms with E-state index in [1.54, 1.807) is 19.2 Å². The summed E-state index contributed by atoms with van der Waals surface area (Å²) in [6.45, 7) is 0.682. The van der Waals surface area contributed by atoms with Crippen molar-refractivity contribution >= 4 is 11.6 Å². The maximum absolute atomic E-state index is 12.8. The second kappa shape index (κ2) is 8.02. The first-order valence-corrected chi connectivity index (χ1v) is 7.07. The second-order valence-corrected chi connectivity index (χ2v) is 4.77. The minimum atomic E-state index is -0.299. The highest BCUT2D eigenvalue weighted by Gasteiger charge is 2.04. The predicted octanol–water partition coefficient (Wildman–Crippen LogP) is 2.61. The molecule has 0 spiro atoms. The molecule has 0 heterocycles. The summed E-state index contributed by atoms with van der Waals surface area (Å²) in [5.74, 6) is 0.409. The molecule has 0 radical (unpaired) electrons. The molecule has 0 aliphatic carbocycles. The molecule has 2 rings (SSSR count). The summed E-state index contributed by atoms with van der Waals surface area (Å²) in [7, 11) is 1.63. The van der Waals surface area contributed by atoms with Gasteiger partial charge >= 0.3 is 0 Å². The molecule has 0 fully saturated rings. The van der Waals surface area contributed by atoms with E-state index < -0.39 is 0 Å². The van der Waals surface area contributed by atoms with E-state index in [1.807, 2.05) is 24.3 Å². The summed E-state index contributed by atoms with van der Waals surface area (Å²) < 4.78 is 18.0. The first-order valence-electron chi connectivity index (χ1n) is 7.07. The molecule has 0 saturated heterocycles. The van der Waals surface area contributed by atoms with Gasteiger partial charge in [0, 0.05) is 12.2 Å². The summed E-state index contributed by atoms with van der Waals surface area (Å²) >= 11 is 0. The molecule has 2 aromatic carbocycles. The van der Waals surface area contributed by atoms with Crippen molar-refractivity contribution in [2.24, 2.45) is 0 Å². The minimum absolute atomic E-state index is 0.112. The van der Waals surface area contributed by atoms with Crippen molar-refractivity contribution in [3.63, 3.8) is 0 Å². The Balaban J connectivity index is 1.72. The average molecular weight is 302 g/mol. The van der Waals surface area contributed by atoms with Crippen LogP contribution in [0.3, 0.4) is 0 Å². The molecule has 0 aliphatic heterocycles. The number of ether oxygens (including phenoxy) is 1. The number of benzene rings is 2. The van der Waals surface area contributed by atoms with Crippen LogP contribution in [-0.2, 0) is 11.2 Å². The lowest BCUT2D eigenvalue weighted by atomic mass is 10.1. The molecule has 22 heavy (non-hydrogen) atoms. The third kappa shape index (κ3) is 4.77. The molecule has 0 aromatic heterocycles. The second-order valence-electron chi connectivity index (χ2n) is 4.77. The zero-order valence-corrected chi connectivity index (χ0v) is 12.4. The van der Waals surface area contributed by atoms with Crippen LogP contribution < -0.4 is 15.4 Å². The quantitative estimate of drug-likeness (QED) is 0.826. The number of methoxy groups -OCH3 is 1. The van der Waals surface area contributed by atoms with E-state index in [9.17, 15) is 9.18 Å². The lowest BCUT2D eigenvalue weighted by molar-refractivity contribution is -0.119. The summed E-state index contributed by atoms with van der Waals surface area (Å²) in [6.07, 6.45) is 0.701. The average Bonchev–Trinajstić information content (AvgIpc) is 2.55. The Morgan fingerprint density at radius 2 is 1.86 bits per heavy atom. The van der Waals surface area contributed by atoms with Gasteiger partial charge in [-0.05, 0) is 42.3 Å². The van der Waals surface area contributed by atoms with E-state index in [2.05, 4.69) is 10.6 Å². The molecule has 0 unspecified atom stereocenters. The van der Waals surface area contributed by atoms with Crippen molar-refractivity contribution in [1.29, 1.82) is 0 Å². The fourth-order valence-corrected chi connectivity index (χ4v) is 2.06. The standard InChI is InChI=1S/C17H19FN2O2/c1-22-16-5-3-2-4-13(16)10-11-19-17(21)12-20-15-8-6-14(18)7-9-15/h2-9,20H,10-12H2,1H3,(H,19,21). The Labute approximate surface area is 129 Å². The van der Waals surface area contributed by atoms with Gasteiger partial charge in [-0.25, -0.2) is 4.39 Å². The zero-order chi connectivity index (χ0) is 15.8. The van der Waals surface area contributed by atoms with E-state index in [0.29, 0.717) is 18.7 Å². The van der Waals surface area contributed by atoms with E-state index >= 15 is 0 Å². The molecule has 5 heteroatoms. The number of carbonyl (C=O) groups excluding carboxylic acids is 1. The van der Waals surface area contributed by atoms with Crippen LogP contribution in [0.5, 0.6) is 5.75 Å². The molecule has 2 N–H and O–H groups in total. The van der Waals surface area contributed by atoms with Crippen molar-refractivity contribution in [3.05, 3.63) is 59.9 Å². The molecular formula is C17H19FN2O2. The lowest BCUT2D eigenvalue weighted by Gasteiger charge is -2.10. The number of amides is 1. The van der Waals surface area contributed by atoms with Crippen LogP contribution in [0.4, 0.5) is 10.1 Å². The third-order valence-electron chi connectivity index (χ3n) is 3.21. The van der Waals surface area contributed by atoms with Gasteiger partial charge in [-0.2, -0.15) is 0 Å². The van der Waals surface area contributed by atoms with E-state index in [-0.39, 0.29) is 18.3 Å². The fraction of sp³-hybridized carbons (Fsp3) is 0.235. The van der Waals surface area contributed by atoms with Crippen molar-refractivity contribution in [2.75, 3.05) is 25.5 Å². The number of hydrogen-bond acceptors (Lipinski definition) is 3. The van der Waals surface area contributed by atoms with Crippen LogP contribution >= 0.6 is 0 Å². The van der Waals surface area contributed by atoms with Crippen LogP contribution in [0.15, 0.2) is 48.5 Å². The largest absolute Gasteiger partial charge is 0.496 e. The number of rotatable bonds is 7. The van der Waals surface area contributed by atoms with Gasteiger partial charge in [-0.15, -0.1) is 0 Å². The Hall–Kier alpha value is -2.56. The number of para-hydroxylation sites is 1. The molecule has 4 nitrogen and oxygen atoms in total. The molecule has 1 amide bonds. The highest BCUT2D eigenvalue weighted by atomic mass is 19.1. The Morgan fingerprint density at radius 1 is 1.14 bits per heavy atom. The van der Waals surface area contributed by atoms with Crippen LogP contribution in [0.2, 0.25) is 0 Å².